The predicted octanol–water partition coefficient (Wildman–Crippen LogP) is 1.45. The summed E-state index contributed by atoms with van der Waals surface area (Å²) in [6.45, 7) is 1.66. The topological polar surface area (TPSA) is 143 Å². The van der Waals surface area contributed by atoms with Gasteiger partial charge in [-0.05, 0) is 48.9 Å². The lowest BCUT2D eigenvalue weighted by atomic mass is 10.1. The lowest BCUT2D eigenvalue weighted by Crippen LogP contribution is -2.24. The molecule has 9 heteroatoms. The van der Waals surface area contributed by atoms with Crippen molar-refractivity contribution < 1.29 is 13.2 Å². The lowest BCUT2D eigenvalue weighted by molar-refractivity contribution is 0.100. The van der Waals surface area contributed by atoms with Crippen LogP contribution in [0.5, 0.6) is 0 Å². The molecule has 0 radical (unpaired) electrons. The van der Waals surface area contributed by atoms with E-state index < -0.39 is 21.7 Å². The standard InChI is InChI=1S/C18H19N5O3S/c1-11-8-15(23(2)13-6-4-12(10-19)5-7-13)16(27(3,25)26)9-14(11)17(24)22-18(20)21/h4-9H,1-3H3,(H4,20,21,22,24). The molecule has 2 rings (SSSR count). The van der Waals surface area contributed by atoms with E-state index in [0.717, 1.165) is 6.26 Å². The van der Waals surface area contributed by atoms with E-state index in [9.17, 15) is 13.2 Å². The fourth-order valence-electron chi connectivity index (χ4n) is 2.54. The zero-order valence-electron chi connectivity index (χ0n) is 15.1. The van der Waals surface area contributed by atoms with Gasteiger partial charge in [0, 0.05) is 24.6 Å². The van der Waals surface area contributed by atoms with E-state index in [1.807, 2.05) is 6.07 Å². The molecule has 0 bridgehead atoms. The van der Waals surface area contributed by atoms with Crippen molar-refractivity contribution in [3.63, 3.8) is 0 Å². The molecule has 0 aromatic heterocycles. The van der Waals surface area contributed by atoms with Gasteiger partial charge >= 0.3 is 0 Å². The number of hydrogen-bond acceptors (Lipinski definition) is 5. The van der Waals surface area contributed by atoms with Crippen LogP contribution in [0, 0.1) is 18.3 Å². The number of aryl methyl sites for hydroxylation is 1. The maximum atomic E-state index is 12.3. The molecule has 0 spiro atoms. The summed E-state index contributed by atoms with van der Waals surface area (Å²) >= 11 is 0. The van der Waals surface area contributed by atoms with Gasteiger partial charge in [0.1, 0.15) is 0 Å². The van der Waals surface area contributed by atoms with E-state index in [-0.39, 0.29) is 10.5 Å². The number of nitriles is 1. The Hall–Kier alpha value is -3.38. The second-order valence-electron chi connectivity index (χ2n) is 5.97. The number of rotatable bonds is 4. The molecule has 0 fully saturated rings. The van der Waals surface area contributed by atoms with E-state index in [4.69, 9.17) is 16.7 Å². The van der Waals surface area contributed by atoms with Crippen molar-refractivity contribution in [1.29, 1.82) is 5.26 Å². The monoisotopic (exact) mass is 385 g/mol. The molecule has 1 amide bonds. The molecule has 0 unspecified atom stereocenters. The number of amides is 1. The number of sulfone groups is 1. The molecule has 2 aromatic rings. The Kier molecular flexibility index (Phi) is 5.52. The Morgan fingerprint density at radius 1 is 1.19 bits per heavy atom. The second-order valence-corrected chi connectivity index (χ2v) is 7.95. The minimum atomic E-state index is -3.66. The summed E-state index contributed by atoms with van der Waals surface area (Å²) in [5.74, 6) is -1.12. The van der Waals surface area contributed by atoms with Gasteiger partial charge in [-0.25, -0.2) is 8.42 Å². The average molecular weight is 385 g/mol. The first kappa shape index (κ1) is 19.9. The van der Waals surface area contributed by atoms with Crippen LogP contribution in [0.2, 0.25) is 0 Å². The molecule has 27 heavy (non-hydrogen) atoms. The van der Waals surface area contributed by atoms with Crippen LogP contribution in [0.1, 0.15) is 21.5 Å². The summed E-state index contributed by atoms with van der Waals surface area (Å²) in [6.07, 6.45) is 1.06. The third-order valence-corrected chi connectivity index (χ3v) is 5.04. The van der Waals surface area contributed by atoms with Gasteiger partial charge in [-0.1, -0.05) is 0 Å². The molecule has 0 aliphatic rings. The largest absolute Gasteiger partial charge is 0.370 e. The fraction of sp³-hybridized carbons (Fsp3) is 0.167. The van der Waals surface area contributed by atoms with Gasteiger partial charge in [0.25, 0.3) is 5.91 Å². The third kappa shape index (κ3) is 4.43. The van der Waals surface area contributed by atoms with Crippen LogP contribution in [-0.4, -0.2) is 33.6 Å². The maximum Gasteiger partial charge on any atom is 0.280 e. The molecule has 2 aromatic carbocycles. The number of nitrogens with zero attached hydrogens (tertiary/aromatic N) is 3. The van der Waals surface area contributed by atoms with E-state index >= 15 is 0 Å². The molecule has 0 atom stereocenters. The van der Waals surface area contributed by atoms with E-state index in [0.29, 0.717) is 22.5 Å². The van der Waals surface area contributed by atoms with Gasteiger partial charge in [-0.3, -0.25) is 4.79 Å². The van der Waals surface area contributed by atoms with Crippen LogP contribution in [-0.2, 0) is 9.84 Å². The van der Waals surface area contributed by atoms with Crippen LogP contribution >= 0.6 is 0 Å². The Bertz CT molecular complexity index is 1060. The molecule has 4 N–H and O–H groups in total. The molecule has 0 saturated heterocycles. The van der Waals surface area contributed by atoms with Crippen molar-refractivity contribution in [1.82, 2.24) is 0 Å². The van der Waals surface area contributed by atoms with E-state index in [2.05, 4.69) is 4.99 Å². The first-order chi connectivity index (χ1) is 12.5. The van der Waals surface area contributed by atoms with E-state index in [1.165, 1.54) is 6.07 Å². The molecule has 8 nitrogen and oxygen atoms in total. The SMILES string of the molecule is Cc1cc(N(C)c2ccc(C#N)cc2)c(S(C)(=O)=O)cc1C(=O)N=C(N)N. The number of carbonyl (C=O) groups is 1. The van der Waals surface area contributed by atoms with Gasteiger partial charge in [0.2, 0.25) is 0 Å². The summed E-state index contributed by atoms with van der Waals surface area (Å²) < 4.78 is 24.7. The van der Waals surface area contributed by atoms with Gasteiger partial charge in [-0.2, -0.15) is 10.3 Å². The van der Waals surface area contributed by atoms with Crippen molar-refractivity contribution in [2.45, 2.75) is 11.8 Å². The lowest BCUT2D eigenvalue weighted by Gasteiger charge is -2.23. The van der Waals surface area contributed by atoms with Crippen LogP contribution in [0.4, 0.5) is 11.4 Å². The summed E-state index contributed by atoms with van der Waals surface area (Å²) in [7, 11) is -1.96. The van der Waals surface area contributed by atoms with Crippen LogP contribution in [0.3, 0.4) is 0 Å². The summed E-state index contributed by atoms with van der Waals surface area (Å²) in [5, 5.41) is 8.91. The number of benzene rings is 2. The van der Waals surface area contributed by atoms with Gasteiger partial charge in [0.05, 0.1) is 22.2 Å². The Labute approximate surface area is 157 Å². The summed E-state index contributed by atoms with van der Waals surface area (Å²) in [4.78, 5) is 17.3. The van der Waals surface area contributed by atoms with Gasteiger partial charge in [0.15, 0.2) is 15.8 Å². The first-order valence-corrected chi connectivity index (χ1v) is 9.66. The molecular weight excluding hydrogens is 366 g/mol. The smallest absolute Gasteiger partial charge is 0.280 e. The molecule has 0 saturated carbocycles. The number of guanidine groups is 1. The third-order valence-electron chi connectivity index (χ3n) is 3.91. The highest BCUT2D eigenvalue weighted by atomic mass is 32.2. The number of hydrogen-bond donors (Lipinski definition) is 2. The van der Waals surface area contributed by atoms with Gasteiger partial charge < -0.3 is 16.4 Å². The minimum absolute atomic E-state index is 0.0332. The normalized spacial score (nSPS) is 10.7. The van der Waals surface area contributed by atoms with Crippen LogP contribution in [0.15, 0.2) is 46.3 Å². The Morgan fingerprint density at radius 2 is 1.78 bits per heavy atom. The van der Waals surface area contributed by atoms with Gasteiger partial charge in [-0.15, -0.1) is 0 Å². The fourth-order valence-corrected chi connectivity index (χ4v) is 3.45. The van der Waals surface area contributed by atoms with E-state index in [1.54, 1.807) is 49.2 Å². The highest BCUT2D eigenvalue weighted by Crippen LogP contribution is 2.33. The molecule has 0 aliphatic carbocycles. The summed E-state index contributed by atoms with van der Waals surface area (Å²) in [6, 6.07) is 11.6. The quantitative estimate of drug-likeness (QED) is 0.599. The summed E-state index contributed by atoms with van der Waals surface area (Å²) in [5.41, 5.74) is 12.7. The minimum Gasteiger partial charge on any atom is -0.370 e. The highest BCUT2D eigenvalue weighted by molar-refractivity contribution is 7.90. The Balaban J connectivity index is 2.65. The molecule has 0 heterocycles. The Morgan fingerprint density at radius 3 is 2.26 bits per heavy atom. The molecule has 140 valence electrons. The number of carbonyl (C=O) groups excluding carboxylic acids is 1. The second kappa shape index (κ2) is 7.47. The number of aliphatic imine (C=N–C) groups is 1. The van der Waals surface area contributed by atoms with Crippen molar-refractivity contribution in [2.75, 3.05) is 18.2 Å². The van der Waals surface area contributed by atoms with Crippen molar-refractivity contribution in [3.05, 3.63) is 53.1 Å². The zero-order valence-corrected chi connectivity index (χ0v) is 15.9. The van der Waals surface area contributed by atoms with Crippen LogP contribution in [0.25, 0.3) is 0 Å². The first-order valence-electron chi connectivity index (χ1n) is 7.77. The van der Waals surface area contributed by atoms with Crippen molar-refractivity contribution >= 4 is 33.1 Å². The molecular formula is C18H19N5O3S. The van der Waals surface area contributed by atoms with Crippen molar-refractivity contribution in [2.24, 2.45) is 16.5 Å². The average Bonchev–Trinajstić information content (AvgIpc) is 2.59. The number of anilines is 2. The highest BCUT2D eigenvalue weighted by Gasteiger charge is 2.22. The van der Waals surface area contributed by atoms with Crippen molar-refractivity contribution in [3.8, 4) is 6.07 Å². The zero-order chi connectivity index (χ0) is 20.4. The maximum absolute atomic E-state index is 12.3. The number of nitrogens with two attached hydrogens (primary N) is 2. The van der Waals surface area contributed by atoms with Crippen LogP contribution < -0.4 is 16.4 Å². The predicted molar refractivity (Wildman–Crippen MR) is 104 cm³/mol. The molecule has 0 aliphatic heterocycles.